The van der Waals surface area contributed by atoms with Crippen molar-refractivity contribution in [2.45, 2.75) is 68.8 Å². The van der Waals surface area contributed by atoms with E-state index >= 15 is 0 Å². The molecule has 1 saturated heterocycles. The summed E-state index contributed by atoms with van der Waals surface area (Å²) < 4.78 is 14.4. The molecule has 3 N–H and O–H groups in total. The smallest absolute Gasteiger partial charge is 0.192 e. The van der Waals surface area contributed by atoms with Gasteiger partial charge >= 0.3 is 0 Å². The first-order valence-corrected chi connectivity index (χ1v) is 13.2. The number of nitrogens with two attached hydrogens (primary N) is 1. The van der Waals surface area contributed by atoms with Crippen molar-refractivity contribution in [2.75, 3.05) is 18.6 Å². The number of nitrogen functional groups attached to an aromatic ring is 1. The Labute approximate surface area is 165 Å². The van der Waals surface area contributed by atoms with Crippen molar-refractivity contribution in [1.29, 1.82) is 0 Å². The fraction of sp³-hybridized carbons (Fsp3) is 0.706. The summed E-state index contributed by atoms with van der Waals surface area (Å²) >= 11 is 1.49. The van der Waals surface area contributed by atoms with Gasteiger partial charge in [0.05, 0.1) is 18.1 Å². The van der Waals surface area contributed by atoms with Crippen LogP contribution in [-0.4, -0.2) is 58.2 Å². The Balaban J connectivity index is 1.92. The zero-order valence-corrected chi connectivity index (χ0v) is 18.6. The van der Waals surface area contributed by atoms with E-state index in [1.54, 1.807) is 4.68 Å². The number of rotatable bonds is 5. The van der Waals surface area contributed by atoms with E-state index in [0.29, 0.717) is 17.9 Å². The predicted octanol–water partition coefficient (Wildman–Crippen LogP) is 2.80. The van der Waals surface area contributed by atoms with Crippen LogP contribution in [0.2, 0.25) is 18.1 Å². The highest BCUT2D eigenvalue weighted by Gasteiger charge is 2.45. The maximum atomic E-state index is 9.84. The van der Waals surface area contributed by atoms with Gasteiger partial charge in [-0.3, -0.25) is 0 Å². The Morgan fingerprint density at radius 2 is 2.11 bits per heavy atom. The summed E-state index contributed by atoms with van der Waals surface area (Å²) in [6, 6.07) is 0. The molecule has 0 radical (unpaired) electrons. The van der Waals surface area contributed by atoms with Gasteiger partial charge in [0.15, 0.2) is 20.2 Å². The third kappa shape index (κ3) is 3.73. The molecule has 1 fully saturated rings. The fourth-order valence-corrected chi connectivity index (χ4v) is 4.93. The molecular weight excluding hydrogens is 382 g/mol. The molecule has 150 valence electrons. The van der Waals surface area contributed by atoms with Crippen molar-refractivity contribution < 1.29 is 14.3 Å². The predicted molar refractivity (Wildman–Crippen MR) is 109 cm³/mol. The lowest BCUT2D eigenvalue weighted by Gasteiger charge is -2.39. The van der Waals surface area contributed by atoms with Crippen molar-refractivity contribution in [3.05, 3.63) is 6.33 Å². The van der Waals surface area contributed by atoms with E-state index in [0.717, 1.165) is 10.4 Å². The summed E-state index contributed by atoms with van der Waals surface area (Å²) in [6.07, 6.45) is 3.04. The largest absolute Gasteiger partial charge is 0.411 e. The lowest BCUT2D eigenvalue weighted by molar-refractivity contribution is -0.0453. The van der Waals surface area contributed by atoms with Gasteiger partial charge in [-0.2, -0.15) is 5.10 Å². The van der Waals surface area contributed by atoms with Gasteiger partial charge in [-0.25, -0.2) is 14.6 Å². The molecule has 3 heterocycles. The van der Waals surface area contributed by atoms with Crippen molar-refractivity contribution in [2.24, 2.45) is 0 Å². The fourth-order valence-electron chi connectivity index (χ4n) is 3.00. The van der Waals surface area contributed by atoms with Gasteiger partial charge in [0.1, 0.15) is 23.3 Å². The molecular formula is C17H29N5O3SSi. The van der Waals surface area contributed by atoms with Crippen LogP contribution in [0.25, 0.3) is 11.0 Å². The van der Waals surface area contributed by atoms with Crippen LogP contribution in [0.4, 0.5) is 5.82 Å². The van der Waals surface area contributed by atoms with Crippen LogP contribution in [0.5, 0.6) is 0 Å². The number of hydrogen-bond acceptors (Lipinski definition) is 8. The highest BCUT2D eigenvalue weighted by molar-refractivity contribution is 7.98. The number of ether oxygens (including phenoxy) is 1. The number of aromatic nitrogens is 4. The first kappa shape index (κ1) is 20.5. The molecule has 3 rings (SSSR count). The zero-order valence-electron chi connectivity index (χ0n) is 16.8. The molecule has 8 nitrogen and oxygen atoms in total. The first-order valence-electron chi connectivity index (χ1n) is 9.06. The highest BCUT2D eigenvalue weighted by atomic mass is 32.2. The maximum Gasteiger partial charge on any atom is 0.192 e. The molecule has 27 heavy (non-hydrogen) atoms. The maximum absolute atomic E-state index is 9.84. The monoisotopic (exact) mass is 411 g/mol. The normalized spacial score (nSPS) is 24.0. The molecule has 0 spiro atoms. The number of nitrogens with zero attached hydrogens (tertiary/aromatic N) is 4. The topological polar surface area (TPSA) is 108 Å². The van der Waals surface area contributed by atoms with E-state index in [2.05, 4.69) is 48.9 Å². The minimum Gasteiger partial charge on any atom is -0.411 e. The molecule has 0 unspecified atom stereocenters. The second-order valence-corrected chi connectivity index (χ2v) is 13.9. The molecule has 2 aromatic heterocycles. The lowest BCUT2D eigenvalue weighted by Crippen LogP contribution is -2.46. The summed E-state index contributed by atoms with van der Waals surface area (Å²) in [5.74, 6) is 0.404. The Bertz CT molecular complexity index is 823. The van der Waals surface area contributed by atoms with Crippen molar-refractivity contribution in [3.63, 3.8) is 0 Å². The second-order valence-electron chi connectivity index (χ2n) is 8.38. The van der Waals surface area contributed by atoms with Crippen LogP contribution in [0.3, 0.4) is 0 Å². The third-order valence-electron chi connectivity index (χ3n) is 5.56. The van der Waals surface area contributed by atoms with Crippen molar-refractivity contribution in [3.8, 4) is 0 Å². The number of anilines is 1. The van der Waals surface area contributed by atoms with Crippen LogP contribution in [-0.2, 0) is 9.16 Å². The summed E-state index contributed by atoms with van der Waals surface area (Å²) in [6.45, 7) is 10.9. The van der Waals surface area contributed by atoms with Gasteiger partial charge in [-0.15, -0.1) is 11.8 Å². The number of thioether (sulfide) groups is 1. The van der Waals surface area contributed by atoms with Crippen molar-refractivity contribution in [1.82, 2.24) is 19.7 Å². The van der Waals surface area contributed by atoms with Crippen LogP contribution < -0.4 is 5.73 Å². The van der Waals surface area contributed by atoms with Gasteiger partial charge in [0.25, 0.3) is 0 Å². The average molecular weight is 412 g/mol. The third-order valence-corrected chi connectivity index (χ3v) is 10.7. The van der Waals surface area contributed by atoms with E-state index in [9.17, 15) is 5.11 Å². The summed E-state index contributed by atoms with van der Waals surface area (Å²) in [5.41, 5.74) is 6.68. The minimum absolute atomic E-state index is 0.0805. The van der Waals surface area contributed by atoms with Crippen LogP contribution in [0.1, 0.15) is 33.4 Å². The summed E-state index contributed by atoms with van der Waals surface area (Å²) in [7, 11) is -1.99. The molecule has 0 saturated carbocycles. The highest BCUT2D eigenvalue weighted by Crippen LogP contribution is 2.42. The zero-order chi connectivity index (χ0) is 20.0. The van der Waals surface area contributed by atoms with Gasteiger partial charge in [0.2, 0.25) is 0 Å². The number of fused-ring (bicyclic) bond motifs is 1. The van der Waals surface area contributed by atoms with Crippen molar-refractivity contribution >= 4 is 36.9 Å². The Morgan fingerprint density at radius 3 is 2.70 bits per heavy atom. The Morgan fingerprint density at radius 1 is 1.41 bits per heavy atom. The number of aliphatic hydroxyl groups is 1. The van der Waals surface area contributed by atoms with E-state index < -0.39 is 8.32 Å². The molecule has 1 aliphatic heterocycles. The van der Waals surface area contributed by atoms with Crippen LogP contribution in [0, 0.1) is 0 Å². The first-order chi connectivity index (χ1) is 12.6. The van der Waals surface area contributed by atoms with E-state index in [-0.39, 0.29) is 30.1 Å². The van der Waals surface area contributed by atoms with Gasteiger partial charge in [-0.1, -0.05) is 20.8 Å². The SMILES string of the molecule is CSc1nn([C@H]2C[C@H](O[Si](C)(C)C(C)(C)C)[C@@H](CO)O2)c2ncnc(N)c12. The molecule has 2 aromatic rings. The molecule has 0 bridgehead atoms. The average Bonchev–Trinajstić information content (AvgIpc) is 3.15. The molecule has 0 amide bonds. The molecule has 1 aliphatic rings. The van der Waals surface area contributed by atoms with Crippen LogP contribution in [0.15, 0.2) is 11.4 Å². The van der Waals surface area contributed by atoms with E-state index in [4.69, 9.17) is 14.9 Å². The van der Waals surface area contributed by atoms with E-state index in [1.165, 1.54) is 18.1 Å². The molecule has 0 aromatic carbocycles. The minimum atomic E-state index is -1.99. The Hall–Kier alpha value is -1.20. The van der Waals surface area contributed by atoms with Gasteiger partial charge in [-0.05, 0) is 24.4 Å². The Kier molecular flexibility index (Phi) is 5.57. The number of aliphatic hydroxyl groups excluding tert-OH is 1. The second kappa shape index (κ2) is 7.32. The summed E-state index contributed by atoms with van der Waals surface area (Å²) in [5, 5.41) is 16.1. The molecule has 0 aliphatic carbocycles. The van der Waals surface area contributed by atoms with Gasteiger partial charge in [0, 0.05) is 6.42 Å². The molecule has 3 atom stereocenters. The molecule has 10 heteroatoms. The van der Waals surface area contributed by atoms with Gasteiger partial charge < -0.3 is 20.0 Å². The summed E-state index contributed by atoms with van der Waals surface area (Å²) in [4.78, 5) is 8.44. The van der Waals surface area contributed by atoms with E-state index in [1.807, 2.05) is 6.26 Å². The van der Waals surface area contributed by atoms with Crippen LogP contribution >= 0.6 is 11.8 Å². The number of hydrogen-bond donors (Lipinski definition) is 2. The lowest BCUT2D eigenvalue weighted by atomic mass is 10.2. The quantitative estimate of drug-likeness (QED) is 0.571. The standard InChI is InChI=1S/C17H29N5O3SSi/c1-17(2,3)27(5,6)25-10-7-12(24-11(10)8-23)22-15-13(16(21-22)26-4)14(18)19-9-20-15/h9-12,23H,7-8H2,1-6H3,(H2,18,19,20)/t10-,11+,12+/m0/s1.